The van der Waals surface area contributed by atoms with E-state index in [2.05, 4.69) is 15.4 Å². The molecule has 0 aliphatic rings. The summed E-state index contributed by atoms with van der Waals surface area (Å²) >= 11 is 1.51. The first-order valence-electron chi connectivity index (χ1n) is 9.60. The Hall–Kier alpha value is -3.59. The zero-order chi connectivity index (χ0) is 21.8. The van der Waals surface area contributed by atoms with Gasteiger partial charge in [-0.25, -0.2) is 4.52 Å². The van der Waals surface area contributed by atoms with Gasteiger partial charge in [0.25, 0.3) is 5.91 Å². The first kappa shape index (κ1) is 20.7. The normalized spacial score (nSPS) is 10.8. The van der Waals surface area contributed by atoms with E-state index in [4.69, 9.17) is 14.2 Å². The van der Waals surface area contributed by atoms with E-state index in [9.17, 15) is 4.79 Å². The minimum atomic E-state index is -0.144. The smallest absolute Gasteiger partial charge is 0.251 e. The van der Waals surface area contributed by atoms with Crippen molar-refractivity contribution in [3.05, 3.63) is 59.1 Å². The van der Waals surface area contributed by atoms with Crippen LogP contribution >= 0.6 is 11.3 Å². The zero-order valence-electron chi connectivity index (χ0n) is 17.4. The molecule has 9 heteroatoms. The standard InChI is InChI=1S/C22H22N4O4S/c1-28-17-6-4-5-15(11-17)21(27)23-10-9-16-13-31-22-24-20(25-26(16)22)14-7-8-18(29-2)19(12-14)30-3/h4-8,11-13H,9-10H2,1-3H3,(H,23,27). The second kappa shape index (κ2) is 9.05. The number of ether oxygens (including phenoxy) is 3. The van der Waals surface area contributed by atoms with Crippen LogP contribution in [0.5, 0.6) is 17.2 Å². The van der Waals surface area contributed by atoms with Crippen LogP contribution in [0.3, 0.4) is 0 Å². The van der Waals surface area contributed by atoms with Gasteiger partial charge in [-0.05, 0) is 36.4 Å². The SMILES string of the molecule is COc1cccc(C(=O)NCCc2csc3nc(-c4ccc(OC)c(OC)c4)nn23)c1. The monoisotopic (exact) mass is 438 g/mol. The number of hydrogen-bond acceptors (Lipinski definition) is 7. The van der Waals surface area contributed by atoms with Crippen LogP contribution in [0, 0.1) is 0 Å². The summed E-state index contributed by atoms with van der Waals surface area (Å²) in [5.41, 5.74) is 2.38. The highest BCUT2D eigenvalue weighted by Gasteiger charge is 2.14. The highest BCUT2D eigenvalue weighted by molar-refractivity contribution is 7.15. The minimum Gasteiger partial charge on any atom is -0.497 e. The van der Waals surface area contributed by atoms with Crippen molar-refractivity contribution < 1.29 is 19.0 Å². The average Bonchev–Trinajstić information content (AvgIpc) is 3.40. The van der Waals surface area contributed by atoms with Crippen molar-refractivity contribution >= 4 is 22.2 Å². The van der Waals surface area contributed by atoms with Crippen molar-refractivity contribution in [2.45, 2.75) is 6.42 Å². The fourth-order valence-corrected chi connectivity index (χ4v) is 4.02. The van der Waals surface area contributed by atoms with Crippen LogP contribution < -0.4 is 19.5 Å². The lowest BCUT2D eigenvalue weighted by molar-refractivity contribution is 0.0953. The maximum atomic E-state index is 12.4. The Balaban J connectivity index is 1.46. The Morgan fingerprint density at radius 1 is 1.06 bits per heavy atom. The van der Waals surface area contributed by atoms with Gasteiger partial charge in [0.05, 0.1) is 27.0 Å². The number of fused-ring (bicyclic) bond motifs is 1. The molecule has 0 bridgehead atoms. The van der Waals surface area contributed by atoms with Gasteiger partial charge in [0.15, 0.2) is 17.3 Å². The van der Waals surface area contributed by atoms with Gasteiger partial charge in [-0.1, -0.05) is 6.07 Å². The van der Waals surface area contributed by atoms with E-state index in [1.807, 2.05) is 28.1 Å². The van der Waals surface area contributed by atoms with E-state index in [0.29, 0.717) is 41.6 Å². The lowest BCUT2D eigenvalue weighted by Crippen LogP contribution is -2.26. The molecule has 2 aromatic heterocycles. The van der Waals surface area contributed by atoms with Crippen LogP contribution in [0.25, 0.3) is 16.3 Å². The fraction of sp³-hybridized carbons (Fsp3) is 0.227. The molecule has 0 aliphatic heterocycles. The number of nitrogens with one attached hydrogen (secondary N) is 1. The quantitative estimate of drug-likeness (QED) is 0.453. The number of rotatable bonds is 8. The molecule has 2 aromatic carbocycles. The summed E-state index contributed by atoms with van der Waals surface area (Å²) in [5.74, 6) is 2.39. The molecular formula is C22H22N4O4S. The summed E-state index contributed by atoms with van der Waals surface area (Å²) in [6, 6.07) is 12.7. The molecule has 4 aromatic rings. The second-order valence-corrected chi connectivity index (χ2v) is 7.50. The molecule has 1 N–H and O–H groups in total. The van der Waals surface area contributed by atoms with Crippen molar-refractivity contribution in [2.75, 3.05) is 27.9 Å². The van der Waals surface area contributed by atoms with E-state index in [1.165, 1.54) is 11.3 Å². The Morgan fingerprint density at radius 2 is 1.90 bits per heavy atom. The zero-order valence-corrected chi connectivity index (χ0v) is 18.2. The van der Waals surface area contributed by atoms with Gasteiger partial charge < -0.3 is 19.5 Å². The lowest BCUT2D eigenvalue weighted by Gasteiger charge is -2.07. The number of amides is 1. The van der Waals surface area contributed by atoms with Crippen LogP contribution in [0.2, 0.25) is 0 Å². The van der Waals surface area contributed by atoms with E-state index in [1.54, 1.807) is 45.6 Å². The fourth-order valence-electron chi connectivity index (χ4n) is 3.16. The largest absolute Gasteiger partial charge is 0.497 e. The van der Waals surface area contributed by atoms with Crippen molar-refractivity contribution in [2.24, 2.45) is 0 Å². The molecule has 0 fully saturated rings. The van der Waals surface area contributed by atoms with Gasteiger partial charge in [-0.15, -0.1) is 16.4 Å². The van der Waals surface area contributed by atoms with Crippen molar-refractivity contribution in [1.82, 2.24) is 19.9 Å². The first-order valence-corrected chi connectivity index (χ1v) is 10.5. The molecule has 2 heterocycles. The maximum absolute atomic E-state index is 12.4. The first-order chi connectivity index (χ1) is 15.1. The van der Waals surface area contributed by atoms with Crippen LogP contribution in [0.1, 0.15) is 16.1 Å². The number of carbonyl (C=O) groups is 1. The third-order valence-electron chi connectivity index (χ3n) is 4.79. The predicted octanol–water partition coefficient (Wildman–Crippen LogP) is 3.46. The van der Waals surface area contributed by atoms with E-state index in [0.717, 1.165) is 16.2 Å². The lowest BCUT2D eigenvalue weighted by atomic mass is 10.2. The highest BCUT2D eigenvalue weighted by Crippen LogP contribution is 2.31. The number of nitrogens with zero attached hydrogens (tertiary/aromatic N) is 3. The van der Waals surface area contributed by atoms with Gasteiger partial charge >= 0.3 is 0 Å². The Bertz CT molecular complexity index is 1220. The molecule has 0 aliphatic carbocycles. The van der Waals surface area contributed by atoms with Crippen LogP contribution in [0.4, 0.5) is 0 Å². The van der Waals surface area contributed by atoms with Crippen molar-refractivity contribution in [1.29, 1.82) is 0 Å². The third-order valence-corrected chi connectivity index (χ3v) is 5.66. The van der Waals surface area contributed by atoms with Crippen molar-refractivity contribution in [3.63, 3.8) is 0 Å². The summed E-state index contributed by atoms with van der Waals surface area (Å²) in [7, 11) is 4.77. The van der Waals surface area contributed by atoms with Crippen LogP contribution in [-0.4, -0.2) is 48.4 Å². The van der Waals surface area contributed by atoms with Crippen LogP contribution in [0.15, 0.2) is 47.8 Å². The number of carbonyl (C=O) groups excluding carboxylic acids is 1. The summed E-state index contributed by atoms with van der Waals surface area (Å²) in [5, 5.41) is 9.59. The van der Waals surface area contributed by atoms with Gasteiger partial charge in [0, 0.05) is 29.5 Å². The molecule has 0 unspecified atom stereocenters. The molecule has 1 amide bonds. The molecule has 0 atom stereocenters. The second-order valence-electron chi connectivity index (χ2n) is 6.66. The maximum Gasteiger partial charge on any atom is 0.251 e. The number of hydrogen-bond donors (Lipinski definition) is 1. The number of thiazole rings is 1. The van der Waals surface area contributed by atoms with Crippen LogP contribution in [-0.2, 0) is 6.42 Å². The van der Waals surface area contributed by atoms with Gasteiger partial charge in [0.1, 0.15) is 5.75 Å². The average molecular weight is 439 g/mol. The molecule has 0 saturated carbocycles. The molecule has 0 saturated heterocycles. The molecule has 4 rings (SSSR count). The molecule has 160 valence electrons. The molecular weight excluding hydrogens is 416 g/mol. The molecule has 8 nitrogen and oxygen atoms in total. The van der Waals surface area contributed by atoms with Gasteiger partial charge in [-0.3, -0.25) is 4.79 Å². The van der Waals surface area contributed by atoms with Gasteiger partial charge in [0.2, 0.25) is 4.96 Å². The predicted molar refractivity (Wildman–Crippen MR) is 118 cm³/mol. The van der Waals surface area contributed by atoms with E-state index in [-0.39, 0.29) is 5.91 Å². The van der Waals surface area contributed by atoms with Gasteiger partial charge in [-0.2, -0.15) is 4.98 Å². The van der Waals surface area contributed by atoms with E-state index >= 15 is 0 Å². The number of benzene rings is 2. The molecule has 31 heavy (non-hydrogen) atoms. The molecule has 0 spiro atoms. The highest BCUT2D eigenvalue weighted by atomic mass is 32.1. The topological polar surface area (TPSA) is 87.0 Å². The minimum absolute atomic E-state index is 0.144. The van der Waals surface area contributed by atoms with E-state index < -0.39 is 0 Å². The Morgan fingerprint density at radius 3 is 2.68 bits per heavy atom. The summed E-state index contributed by atoms with van der Waals surface area (Å²) in [6.45, 7) is 0.480. The summed E-state index contributed by atoms with van der Waals surface area (Å²) < 4.78 is 17.6. The summed E-state index contributed by atoms with van der Waals surface area (Å²) in [6.07, 6.45) is 0.629. The number of aromatic nitrogens is 3. The van der Waals surface area contributed by atoms with Crippen molar-refractivity contribution in [3.8, 4) is 28.6 Å². The molecule has 0 radical (unpaired) electrons. The Labute approximate surface area is 183 Å². The number of methoxy groups -OCH3 is 3. The third kappa shape index (κ3) is 4.31. The Kier molecular flexibility index (Phi) is 6.03. The summed E-state index contributed by atoms with van der Waals surface area (Å²) in [4.78, 5) is 17.8.